The van der Waals surface area contributed by atoms with Crippen molar-refractivity contribution in [2.75, 3.05) is 0 Å². The third-order valence-electron chi connectivity index (χ3n) is 3.13. The number of benzene rings is 1. The minimum atomic E-state index is -1.19. The standard InChI is InChI=1S/C15H20Cl2N2O3/c1-8(2)6-13(20)15(22)19-12(14(18)21)7-9-10(16)4-3-5-11(9)17/h3-5,8,12-13,20H,6-7H2,1-2H3,(H2,18,21)(H,19,22)/t12-,13-/m0/s1. The van der Waals surface area contributed by atoms with Crippen LogP contribution in [0, 0.1) is 5.92 Å². The first-order valence-electron chi connectivity index (χ1n) is 6.93. The molecule has 0 fully saturated rings. The lowest BCUT2D eigenvalue weighted by Gasteiger charge is -2.20. The number of nitrogens with one attached hydrogen (secondary N) is 1. The SMILES string of the molecule is CC(C)C[C@H](O)C(=O)N[C@@H](Cc1c(Cl)cccc1Cl)C(N)=O. The first kappa shape index (κ1) is 18.7. The van der Waals surface area contributed by atoms with Crippen molar-refractivity contribution in [3.63, 3.8) is 0 Å². The maximum atomic E-state index is 11.9. The Morgan fingerprint density at radius 1 is 1.27 bits per heavy atom. The molecule has 2 atom stereocenters. The average Bonchev–Trinajstić information content (AvgIpc) is 2.40. The molecule has 5 nitrogen and oxygen atoms in total. The lowest BCUT2D eigenvalue weighted by Crippen LogP contribution is -2.49. The monoisotopic (exact) mass is 346 g/mol. The summed E-state index contributed by atoms with van der Waals surface area (Å²) in [6, 6.07) is 3.96. The van der Waals surface area contributed by atoms with Crippen molar-refractivity contribution >= 4 is 35.0 Å². The Morgan fingerprint density at radius 3 is 2.27 bits per heavy atom. The lowest BCUT2D eigenvalue weighted by atomic mass is 10.0. The van der Waals surface area contributed by atoms with E-state index in [0.29, 0.717) is 22.0 Å². The minimum absolute atomic E-state index is 0.0635. The third-order valence-corrected chi connectivity index (χ3v) is 3.84. The predicted molar refractivity (Wildman–Crippen MR) is 86.8 cm³/mol. The van der Waals surface area contributed by atoms with Crippen LogP contribution in [0.15, 0.2) is 18.2 Å². The molecule has 22 heavy (non-hydrogen) atoms. The number of halogens is 2. The van der Waals surface area contributed by atoms with Gasteiger partial charge in [0.15, 0.2) is 0 Å². The van der Waals surface area contributed by atoms with E-state index in [-0.39, 0.29) is 12.3 Å². The summed E-state index contributed by atoms with van der Waals surface area (Å²) < 4.78 is 0. The first-order valence-corrected chi connectivity index (χ1v) is 7.68. The molecule has 0 saturated heterocycles. The topological polar surface area (TPSA) is 92.4 Å². The van der Waals surface area contributed by atoms with Crippen LogP contribution in [-0.4, -0.2) is 29.1 Å². The molecule has 0 unspecified atom stereocenters. The smallest absolute Gasteiger partial charge is 0.249 e. The summed E-state index contributed by atoms with van der Waals surface area (Å²) in [6.45, 7) is 3.76. The lowest BCUT2D eigenvalue weighted by molar-refractivity contribution is -0.133. The molecule has 0 aliphatic rings. The summed E-state index contributed by atoms with van der Waals surface area (Å²) in [6.07, 6.45) is -0.832. The van der Waals surface area contributed by atoms with E-state index in [1.54, 1.807) is 18.2 Å². The van der Waals surface area contributed by atoms with Crippen LogP contribution in [0.25, 0.3) is 0 Å². The summed E-state index contributed by atoms with van der Waals surface area (Å²) in [5.74, 6) is -1.22. The Morgan fingerprint density at radius 2 is 1.82 bits per heavy atom. The van der Waals surface area contributed by atoms with Gasteiger partial charge in [0.05, 0.1) is 0 Å². The second-order valence-corrected chi connectivity index (χ2v) is 6.33. The number of hydrogen-bond donors (Lipinski definition) is 3. The van der Waals surface area contributed by atoms with E-state index in [9.17, 15) is 14.7 Å². The highest BCUT2D eigenvalue weighted by Gasteiger charge is 2.25. The molecular formula is C15H20Cl2N2O3. The molecule has 0 aromatic heterocycles. The zero-order valence-electron chi connectivity index (χ0n) is 12.5. The van der Waals surface area contributed by atoms with Gasteiger partial charge in [-0.2, -0.15) is 0 Å². The van der Waals surface area contributed by atoms with Crippen molar-refractivity contribution in [2.24, 2.45) is 11.7 Å². The summed E-state index contributed by atoms with van der Waals surface area (Å²) in [5, 5.41) is 13.0. The Bertz CT molecular complexity index is 529. The molecule has 0 spiro atoms. The fourth-order valence-corrected chi connectivity index (χ4v) is 2.53. The van der Waals surface area contributed by atoms with Crippen LogP contribution in [0.2, 0.25) is 10.0 Å². The molecule has 4 N–H and O–H groups in total. The van der Waals surface area contributed by atoms with Crippen molar-refractivity contribution in [1.82, 2.24) is 5.32 Å². The van der Waals surface area contributed by atoms with Gasteiger partial charge in [-0.15, -0.1) is 0 Å². The molecule has 122 valence electrons. The number of primary amides is 1. The van der Waals surface area contributed by atoms with Gasteiger partial charge in [-0.1, -0.05) is 43.1 Å². The van der Waals surface area contributed by atoms with Gasteiger partial charge < -0.3 is 16.2 Å². The van der Waals surface area contributed by atoms with E-state index >= 15 is 0 Å². The number of rotatable bonds is 7. The van der Waals surface area contributed by atoms with E-state index in [1.807, 2.05) is 13.8 Å². The fraction of sp³-hybridized carbons (Fsp3) is 0.467. The van der Waals surface area contributed by atoms with Crippen LogP contribution in [0.5, 0.6) is 0 Å². The van der Waals surface area contributed by atoms with Gasteiger partial charge in [0, 0.05) is 16.5 Å². The zero-order valence-corrected chi connectivity index (χ0v) is 14.0. The summed E-state index contributed by atoms with van der Waals surface area (Å²) in [7, 11) is 0. The van der Waals surface area contributed by atoms with Crippen LogP contribution >= 0.6 is 23.2 Å². The molecule has 0 heterocycles. The van der Waals surface area contributed by atoms with E-state index in [4.69, 9.17) is 28.9 Å². The number of aliphatic hydroxyl groups is 1. The summed E-state index contributed by atoms with van der Waals surface area (Å²) in [4.78, 5) is 23.5. The Hall–Kier alpha value is -1.30. The van der Waals surface area contributed by atoms with E-state index in [1.165, 1.54) is 0 Å². The molecule has 0 saturated carbocycles. The summed E-state index contributed by atoms with van der Waals surface area (Å²) in [5.41, 5.74) is 5.83. The number of carbonyl (C=O) groups is 2. The Kier molecular flexibility index (Phi) is 7.13. The fourth-order valence-electron chi connectivity index (χ4n) is 1.98. The molecular weight excluding hydrogens is 327 g/mol. The van der Waals surface area contributed by atoms with Gasteiger partial charge in [-0.3, -0.25) is 9.59 Å². The number of amides is 2. The van der Waals surface area contributed by atoms with Crippen molar-refractivity contribution in [3.8, 4) is 0 Å². The zero-order chi connectivity index (χ0) is 16.9. The second kappa shape index (κ2) is 8.36. The number of aliphatic hydroxyl groups excluding tert-OH is 1. The number of nitrogens with two attached hydrogens (primary N) is 1. The van der Waals surface area contributed by atoms with Crippen LogP contribution in [0.1, 0.15) is 25.8 Å². The average molecular weight is 347 g/mol. The van der Waals surface area contributed by atoms with Gasteiger partial charge in [-0.05, 0) is 30.0 Å². The second-order valence-electron chi connectivity index (χ2n) is 5.51. The quantitative estimate of drug-likeness (QED) is 0.704. The molecule has 2 amide bonds. The molecule has 0 aliphatic carbocycles. The highest BCUT2D eigenvalue weighted by atomic mass is 35.5. The van der Waals surface area contributed by atoms with Crippen molar-refractivity contribution in [2.45, 2.75) is 38.8 Å². The predicted octanol–water partition coefficient (Wildman–Crippen LogP) is 1.91. The molecule has 1 aromatic carbocycles. The van der Waals surface area contributed by atoms with E-state index in [0.717, 1.165) is 0 Å². The summed E-state index contributed by atoms with van der Waals surface area (Å²) >= 11 is 12.1. The van der Waals surface area contributed by atoms with Crippen LogP contribution < -0.4 is 11.1 Å². The van der Waals surface area contributed by atoms with E-state index in [2.05, 4.69) is 5.32 Å². The van der Waals surface area contributed by atoms with Crippen molar-refractivity contribution in [3.05, 3.63) is 33.8 Å². The molecule has 1 rings (SSSR count). The van der Waals surface area contributed by atoms with Crippen LogP contribution in [-0.2, 0) is 16.0 Å². The van der Waals surface area contributed by atoms with Gasteiger partial charge in [0.2, 0.25) is 11.8 Å². The normalized spacial score (nSPS) is 13.7. The van der Waals surface area contributed by atoms with Crippen LogP contribution in [0.3, 0.4) is 0 Å². The van der Waals surface area contributed by atoms with Gasteiger partial charge >= 0.3 is 0 Å². The van der Waals surface area contributed by atoms with Gasteiger partial charge in [-0.25, -0.2) is 0 Å². The maximum absolute atomic E-state index is 11.9. The van der Waals surface area contributed by atoms with E-state index < -0.39 is 24.0 Å². The molecule has 7 heteroatoms. The highest BCUT2D eigenvalue weighted by Crippen LogP contribution is 2.25. The first-order chi connectivity index (χ1) is 10.2. The molecule has 0 bridgehead atoms. The highest BCUT2D eigenvalue weighted by molar-refractivity contribution is 6.36. The maximum Gasteiger partial charge on any atom is 0.249 e. The molecule has 0 aliphatic heterocycles. The molecule has 1 aromatic rings. The number of hydrogen-bond acceptors (Lipinski definition) is 3. The minimum Gasteiger partial charge on any atom is -0.383 e. The van der Waals surface area contributed by atoms with Crippen LogP contribution in [0.4, 0.5) is 0 Å². The van der Waals surface area contributed by atoms with Gasteiger partial charge in [0.25, 0.3) is 0 Å². The Balaban J connectivity index is 2.83. The van der Waals surface area contributed by atoms with Crippen molar-refractivity contribution in [1.29, 1.82) is 0 Å². The Labute approximate surface area is 139 Å². The van der Waals surface area contributed by atoms with Gasteiger partial charge in [0.1, 0.15) is 12.1 Å². The van der Waals surface area contributed by atoms with Crippen molar-refractivity contribution < 1.29 is 14.7 Å². The largest absolute Gasteiger partial charge is 0.383 e. The molecule has 0 radical (unpaired) electrons. The number of carbonyl (C=O) groups excluding carboxylic acids is 2. The third kappa shape index (κ3) is 5.48.